The van der Waals surface area contributed by atoms with Gasteiger partial charge in [0.05, 0.1) is 18.3 Å². The fourth-order valence-electron chi connectivity index (χ4n) is 3.74. The maximum absolute atomic E-state index is 12.6. The fraction of sp³-hybridized carbons (Fsp3) is 0.591. The molecule has 0 bridgehead atoms. The van der Waals surface area contributed by atoms with Crippen molar-refractivity contribution in [1.82, 2.24) is 25.6 Å². The summed E-state index contributed by atoms with van der Waals surface area (Å²) in [4.78, 5) is 12.6. The minimum absolute atomic E-state index is 0.121. The number of piperidine rings is 1. The predicted octanol–water partition coefficient (Wildman–Crippen LogP) is 3.25. The topological polar surface area (TPSA) is 81.1 Å². The molecule has 1 atom stereocenters. The van der Waals surface area contributed by atoms with Gasteiger partial charge in [-0.2, -0.15) is 0 Å². The number of rotatable bonds is 8. The summed E-state index contributed by atoms with van der Waals surface area (Å²) in [7, 11) is 0. The van der Waals surface area contributed by atoms with Gasteiger partial charge in [-0.15, -0.1) is 5.10 Å². The summed E-state index contributed by atoms with van der Waals surface area (Å²) < 4.78 is 7.99. The first-order valence-electron chi connectivity index (χ1n) is 10.6. The van der Waals surface area contributed by atoms with E-state index in [0.29, 0.717) is 24.2 Å². The van der Waals surface area contributed by atoms with Crippen LogP contribution in [0.25, 0.3) is 0 Å². The number of nitrogens with one attached hydrogen (secondary N) is 2. The normalized spacial score (nSPS) is 16.0. The number of nitrogens with zero attached hydrogens (tertiary/aromatic N) is 3. The molecule has 1 aromatic heterocycles. The number of carbonyl (C=O) groups is 1. The number of hydrogen-bond donors (Lipinski definition) is 2. The average molecular weight is 400 g/mol. The molecular formula is C22H33N5O2. The van der Waals surface area contributed by atoms with Crippen LogP contribution < -0.4 is 15.4 Å². The molecule has 1 aliphatic heterocycles. The Balaban J connectivity index is 1.62. The largest absolute Gasteiger partial charge is 0.490 e. The van der Waals surface area contributed by atoms with Crippen LogP contribution in [0.4, 0.5) is 0 Å². The lowest BCUT2D eigenvalue weighted by molar-refractivity contribution is 0.0945. The van der Waals surface area contributed by atoms with E-state index in [9.17, 15) is 4.79 Å². The Morgan fingerprint density at radius 1 is 1.31 bits per heavy atom. The number of aryl methyl sites for hydroxylation is 1. The van der Waals surface area contributed by atoms with Crippen LogP contribution in [-0.4, -0.2) is 40.1 Å². The molecule has 0 saturated carbocycles. The third kappa shape index (κ3) is 6.03. The van der Waals surface area contributed by atoms with Crippen molar-refractivity contribution in [3.8, 4) is 5.75 Å². The lowest BCUT2D eigenvalue weighted by Gasteiger charge is -2.22. The number of ether oxygens (including phenoxy) is 1. The van der Waals surface area contributed by atoms with Crippen molar-refractivity contribution in [2.75, 3.05) is 13.1 Å². The van der Waals surface area contributed by atoms with Crippen molar-refractivity contribution in [2.24, 2.45) is 5.92 Å². The van der Waals surface area contributed by atoms with Crippen LogP contribution in [0.3, 0.4) is 0 Å². The Hall–Kier alpha value is -2.41. The number of hydrogen-bond acceptors (Lipinski definition) is 5. The molecule has 0 aliphatic carbocycles. The third-order valence-corrected chi connectivity index (χ3v) is 5.22. The molecule has 1 fully saturated rings. The lowest BCUT2D eigenvalue weighted by Crippen LogP contribution is -2.29. The van der Waals surface area contributed by atoms with E-state index >= 15 is 0 Å². The molecule has 1 aliphatic rings. The smallest absolute Gasteiger partial charge is 0.273 e. The summed E-state index contributed by atoms with van der Waals surface area (Å²) in [5.74, 6) is 1.18. The predicted molar refractivity (Wildman–Crippen MR) is 113 cm³/mol. The van der Waals surface area contributed by atoms with Gasteiger partial charge in [0.2, 0.25) is 0 Å². The minimum atomic E-state index is -0.216. The minimum Gasteiger partial charge on any atom is -0.490 e. The summed E-state index contributed by atoms with van der Waals surface area (Å²) in [6.45, 7) is 10.8. The summed E-state index contributed by atoms with van der Waals surface area (Å²) in [5.41, 5.74) is 2.45. The number of benzene rings is 1. The average Bonchev–Trinajstić information content (AvgIpc) is 3.17. The maximum Gasteiger partial charge on any atom is 0.273 e. The number of amides is 1. The van der Waals surface area contributed by atoms with Gasteiger partial charge in [-0.3, -0.25) is 4.79 Å². The van der Waals surface area contributed by atoms with E-state index in [0.717, 1.165) is 49.2 Å². The molecule has 1 amide bonds. The van der Waals surface area contributed by atoms with E-state index in [1.54, 1.807) is 6.20 Å². The molecule has 3 rings (SSSR count). The fourth-order valence-corrected chi connectivity index (χ4v) is 3.74. The molecule has 1 unspecified atom stereocenters. The van der Waals surface area contributed by atoms with Gasteiger partial charge in [0.1, 0.15) is 5.75 Å². The van der Waals surface area contributed by atoms with E-state index < -0.39 is 0 Å². The van der Waals surface area contributed by atoms with E-state index in [-0.39, 0.29) is 12.0 Å². The summed E-state index contributed by atoms with van der Waals surface area (Å²) >= 11 is 0. The Bertz CT molecular complexity index is 811. The van der Waals surface area contributed by atoms with E-state index in [1.165, 1.54) is 0 Å². The van der Waals surface area contributed by atoms with Crippen molar-refractivity contribution in [1.29, 1.82) is 0 Å². The molecule has 2 N–H and O–H groups in total. The van der Waals surface area contributed by atoms with Gasteiger partial charge in [-0.1, -0.05) is 31.2 Å². The third-order valence-electron chi connectivity index (χ3n) is 5.22. The highest BCUT2D eigenvalue weighted by atomic mass is 16.5. The molecule has 7 nitrogen and oxygen atoms in total. The second-order valence-corrected chi connectivity index (χ2v) is 8.42. The molecule has 0 spiro atoms. The molecule has 158 valence electrons. The van der Waals surface area contributed by atoms with Gasteiger partial charge >= 0.3 is 0 Å². The van der Waals surface area contributed by atoms with Gasteiger partial charge in [0.25, 0.3) is 5.91 Å². The van der Waals surface area contributed by atoms with E-state index in [1.807, 2.05) is 29.8 Å². The van der Waals surface area contributed by atoms with Crippen molar-refractivity contribution < 1.29 is 9.53 Å². The summed E-state index contributed by atoms with van der Waals surface area (Å²) in [6, 6.07) is 6.39. The molecule has 1 saturated heterocycles. The van der Waals surface area contributed by atoms with Crippen molar-refractivity contribution >= 4 is 5.91 Å². The van der Waals surface area contributed by atoms with Gasteiger partial charge in [-0.25, -0.2) is 4.68 Å². The van der Waals surface area contributed by atoms with Crippen molar-refractivity contribution in [3.63, 3.8) is 0 Å². The van der Waals surface area contributed by atoms with Crippen LogP contribution in [0, 0.1) is 12.8 Å². The first kappa shape index (κ1) is 21.3. The Morgan fingerprint density at radius 3 is 2.79 bits per heavy atom. The highest BCUT2D eigenvalue weighted by Crippen LogP contribution is 2.23. The quantitative estimate of drug-likeness (QED) is 0.712. The van der Waals surface area contributed by atoms with Crippen LogP contribution in [-0.2, 0) is 6.54 Å². The SMILES string of the molecule is Cc1ccc(CNC(=O)c2cn(C3CCNCC3)nn2)c(OC(C)CC(C)C)c1. The summed E-state index contributed by atoms with van der Waals surface area (Å²) in [6.07, 6.45) is 4.87. The molecule has 2 aromatic rings. The summed E-state index contributed by atoms with van der Waals surface area (Å²) in [5, 5.41) is 14.5. The zero-order chi connectivity index (χ0) is 20.8. The van der Waals surface area contributed by atoms with Gasteiger partial charge in [0.15, 0.2) is 5.69 Å². The van der Waals surface area contributed by atoms with Gasteiger partial charge < -0.3 is 15.4 Å². The monoisotopic (exact) mass is 399 g/mol. The number of aromatic nitrogens is 3. The second kappa shape index (κ2) is 9.87. The molecule has 7 heteroatoms. The molecule has 1 aromatic carbocycles. The van der Waals surface area contributed by atoms with Gasteiger partial charge in [-0.05, 0) is 63.7 Å². The van der Waals surface area contributed by atoms with Crippen molar-refractivity contribution in [2.45, 2.75) is 65.6 Å². The first-order valence-corrected chi connectivity index (χ1v) is 10.6. The molecule has 0 radical (unpaired) electrons. The highest BCUT2D eigenvalue weighted by Gasteiger charge is 2.19. The molecule has 2 heterocycles. The maximum atomic E-state index is 12.6. The van der Waals surface area contributed by atoms with Crippen LogP contribution in [0.1, 0.15) is 67.7 Å². The van der Waals surface area contributed by atoms with E-state index in [4.69, 9.17) is 4.74 Å². The zero-order valence-corrected chi connectivity index (χ0v) is 17.9. The van der Waals surface area contributed by atoms with Crippen LogP contribution in [0.15, 0.2) is 24.4 Å². The Kier molecular flexibility index (Phi) is 7.25. The zero-order valence-electron chi connectivity index (χ0n) is 17.9. The van der Waals surface area contributed by atoms with Crippen LogP contribution >= 0.6 is 0 Å². The highest BCUT2D eigenvalue weighted by molar-refractivity contribution is 5.91. The van der Waals surface area contributed by atoms with Crippen LogP contribution in [0.2, 0.25) is 0 Å². The lowest BCUT2D eigenvalue weighted by atomic mass is 10.1. The van der Waals surface area contributed by atoms with Crippen molar-refractivity contribution in [3.05, 3.63) is 41.2 Å². The molecular weight excluding hydrogens is 366 g/mol. The van der Waals surface area contributed by atoms with Crippen LogP contribution in [0.5, 0.6) is 5.75 Å². The number of carbonyl (C=O) groups excluding carboxylic acids is 1. The van der Waals surface area contributed by atoms with Gasteiger partial charge in [0, 0.05) is 12.1 Å². The Labute approximate surface area is 173 Å². The standard InChI is InChI=1S/C22H33N5O2/c1-15(2)11-17(4)29-21-12-16(3)5-6-18(21)13-24-22(28)20-14-27(26-25-20)19-7-9-23-10-8-19/h5-6,12,14-15,17,19,23H,7-11,13H2,1-4H3,(H,24,28). The second-order valence-electron chi connectivity index (χ2n) is 8.42. The Morgan fingerprint density at radius 2 is 2.07 bits per heavy atom. The van der Waals surface area contributed by atoms with E-state index in [2.05, 4.69) is 41.7 Å². The molecule has 29 heavy (non-hydrogen) atoms. The first-order chi connectivity index (χ1) is 13.9.